The number of alkyl halides is 3. The van der Waals surface area contributed by atoms with Gasteiger partial charge in [-0.1, -0.05) is 12.1 Å². The maximum Gasteiger partial charge on any atom is 0.416 e. The van der Waals surface area contributed by atoms with Crippen molar-refractivity contribution in [1.29, 1.82) is 0 Å². The van der Waals surface area contributed by atoms with Crippen LogP contribution in [-0.2, 0) is 6.18 Å². The van der Waals surface area contributed by atoms with Gasteiger partial charge in [0.05, 0.1) is 11.6 Å². The van der Waals surface area contributed by atoms with Crippen LogP contribution in [0.25, 0.3) is 0 Å². The number of benzene rings is 1. The number of halogens is 3. The zero-order chi connectivity index (χ0) is 15.8. The van der Waals surface area contributed by atoms with Crippen LogP contribution >= 0.6 is 0 Å². The lowest BCUT2D eigenvalue weighted by atomic mass is 9.95. The van der Waals surface area contributed by atoms with Crippen molar-refractivity contribution < 1.29 is 17.6 Å². The Balaban J connectivity index is 2.42. The Morgan fingerprint density at radius 2 is 1.57 bits per heavy atom. The van der Waals surface area contributed by atoms with E-state index in [-0.39, 0.29) is 6.04 Å². The molecule has 2 rings (SSSR count). The third-order valence-corrected chi connectivity index (χ3v) is 3.77. The van der Waals surface area contributed by atoms with E-state index in [0.29, 0.717) is 0 Å². The molecule has 21 heavy (non-hydrogen) atoms. The van der Waals surface area contributed by atoms with Crippen molar-refractivity contribution in [2.75, 3.05) is 7.05 Å². The molecule has 1 unspecified atom stereocenters. The second-order valence-corrected chi connectivity index (χ2v) is 5.09. The number of rotatable bonds is 3. The fraction of sp³-hybridized carbons (Fsp3) is 0.375. The van der Waals surface area contributed by atoms with E-state index in [1.165, 1.54) is 12.1 Å². The highest BCUT2D eigenvalue weighted by Gasteiger charge is 2.30. The van der Waals surface area contributed by atoms with Crippen molar-refractivity contribution in [1.82, 2.24) is 5.32 Å². The molecule has 1 N–H and O–H groups in total. The quantitative estimate of drug-likeness (QED) is 0.900. The van der Waals surface area contributed by atoms with Crippen LogP contribution in [0.3, 0.4) is 0 Å². The number of hydrogen-bond donors (Lipinski definition) is 1. The zero-order valence-corrected chi connectivity index (χ0v) is 12.4. The van der Waals surface area contributed by atoms with Crippen LogP contribution in [0.5, 0.6) is 0 Å². The lowest BCUT2D eigenvalue weighted by Gasteiger charge is -2.18. The van der Waals surface area contributed by atoms with Crippen LogP contribution < -0.4 is 5.32 Å². The van der Waals surface area contributed by atoms with Gasteiger partial charge in [-0.3, -0.25) is 0 Å². The molecule has 0 fully saturated rings. The summed E-state index contributed by atoms with van der Waals surface area (Å²) in [5, 5.41) is 3.15. The van der Waals surface area contributed by atoms with Gasteiger partial charge >= 0.3 is 6.18 Å². The van der Waals surface area contributed by atoms with Gasteiger partial charge in [0.15, 0.2) is 0 Å². The van der Waals surface area contributed by atoms with Gasteiger partial charge in [0.25, 0.3) is 0 Å². The van der Waals surface area contributed by atoms with E-state index in [0.717, 1.165) is 40.3 Å². The Kier molecular flexibility index (Phi) is 4.14. The molecule has 0 amide bonds. The van der Waals surface area contributed by atoms with Gasteiger partial charge in [0, 0.05) is 5.56 Å². The highest BCUT2D eigenvalue weighted by molar-refractivity contribution is 5.41. The number of nitrogens with one attached hydrogen (secondary N) is 1. The van der Waals surface area contributed by atoms with E-state index in [4.69, 9.17) is 4.42 Å². The maximum atomic E-state index is 12.6. The Morgan fingerprint density at radius 3 is 1.95 bits per heavy atom. The first-order valence-electron chi connectivity index (χ1n) is 6.66. The maximum absolute atomic E-state index is 12.6. The highest BCUT2D eigenvalue weighted by Crippen LogP contribution is 2.34. The standard InChI is InChI=1S/C16H18F3NO/c1-9-10(2)21-11(3)14(9)15(20-4)12-5-7-13(8-6-12)16(17,18)19/h5-8,15,20H,1-4H3. The molecular weight excluding hydrogens is 279 g/mol. The molecule has 2 nitrogen and oxygen atoms in total. The summed E-state index contributed by atoms with van der Waals surface area (Å²) in [4.78, 5) is 0. The Morgan fingerprint density at radius 1 is 1.00 bits per heavy atom. The summed E-state index contributed by atoms with van der Waals surface area (Å²) in [5.74, 6) is 1.61. The molecule has 0 saturated carbocycles. The molecule has 0 aliphatic rings. The fourth-order valence-electron chi connectivity index (χ4n) is 2.58. The van der Waals surface area contributed by atoms with Crippen molar-refractivity contribution in [2.45, 2.75) is 33.0 Å². The Hall–Kier alpha value is -1.75. The fourth-order valence-corrected chi connectivity index (χ4v) is 2.58. The van der Waals surface area contributed by atoms with Gasteiger partial charge in [-0.25, -0.2) is 0 Å². The van der Waals surface area contributed by atoms with E-state index in [2.05, 4.69) is 5.32 Å². The summed E-state index contributed by atoms with van der Waals surface area (Å²) in [5.41, 5.74) is 2.14. The van der Waals surface area contributed by atoms with Gasteiger partial charge in [-0.05, 0) is 51.1 Å². The molecule has 0 saturated heterocycles. The molecule has 0 bridgehead atoms. The van der Waals surface area contributed by atoms with Gasteiger partial charge in [0.2, 0.25) is 0 Å². The minimum Gasteiger partial charge on any atom is -0.466 e. The van der Waals surface area contributed by atoms with E-state index in [1.807, 2.05) is 20.8 Å². The van der Waals surface area contributed by atoms with Crippen LogP contribution in [0, 0.1) is 20.8 Å². The average molecular weight is 297 g/mol. The van der Waals surface area contributed by atoms with Crippen molar-refractivity contribution in [3.8, 4) is 0 Å². The van der Waals surface area contributed by atoms with Crippen LogP contribution in [0.15, 0.2) is 28.7 Å². The monoisotopic (exact) mass is 297 g/mol. The lowest BCUT2D eigenvalue weighted by molar-refractivity contribution is -0.137. The summed E-state index contributed by atoms with van der Waals surface area (Å²) in [6, 6.07) is 5.04. The molecule has 0 aliphatic carbocycles. The molecule has 1 heterocycles. The van der Waals surface area contributed by atoms with E-state index in [1.54, 1.807) is 7.05 Å². The Bertz CT molecular complexity index is 626. The smallest absolute Gasteiger partial charge is 0.416 e. The van der Waals surface area contributed by atoms with Crippen LogP contribution in [0.1, 0.15) is 39.8 Å². The third kappa shape index (κ3) is 2.97. The SMILES string of the molecule is CNC(c1ccc(C(F)(F)F)cc1)c1c(C)oc(C)c1C. The minimum atomic E-state index is -4.31. The van der Waals surface area contributed by atoms with Crippen molar-refractivity contribution >= 4 is 0 Å². The molecule has 1 aromatic heterocycles. The number of furan rings is 1. The summed E-state index contributed by atoms with van der Waals surface area (Å²) < 4.78 is 43.5. The second kappa shape index (κ2) is 5.56. The van der Waals surface area contributed by atoms with Crippen molar-refractivity contribution in [3.05, 3.63) is 58.0 Å². The van der Waals surface area contributed by atoms with E-state index < -0.39 is 11.7 Å². The predicted octanol–water partition coefficient (Wildman–Crippen LogP) is 4.53. The second-order valence-electron chi connectivity index (χ2n) is 5.09. The van der Waals surface area contributed by atoms with Gasteiger partial charge in [0.1, 0.15) is 11.5 Å². The van der Waals surface area contributed by atoms with Crippen molar-refractivity contribution in [3.63, 3.8) is 0 Å². The summed E-state index contributed by atoms with van der Waals surface area (Å²) in [6.45, 7) is 5.70. The molecule has 5 heteroatoms. The van der Waals surface area contributed by atoms with Gasteiger partial charge in [-0.2, -0.15) is 13.2 Å². The molecule has 114 valence electrons. The van der Waals surface area contributed by atoms with Crippen LogP contribution in [0.4, 0.5) is 13.2 Å². The lowest BCUT2D eigenvalue weighted by Crippen LogP contribution is -2.19. The molecular formula is C16H18F3NO. The van der Waals surface area contributed by atoms with Crippen LogP contribution in [-0.4, -0.2) is 7.05 Å². The highest BCUT2D eigenvalue weighted by atomic mass is 19.4. The first-order chi connectivity index (χ1) is 9.75. The molecule has 0 aliphatic heterocycles. The average Bonchev–Trinajstić information content (AvgIpc) is 2.66. The largest absolute Gasteiger partial charge is 0.466 e. The predicted molar refractivity (Wildman–Crippen MR) is 75.3 cm³/mol. The molecule has 2 aromatic rings. The van der Waals surface area contributed by atoms with Crippen molar-refractivity contribution in [2.24, 2.45) is 0 Å². The first-order valence-corrected chi connectivity index (χ1v) is 6.66. The van der Waals surface area contributed by atoms with Gasteiger partial charge in [-0.15, -0.1) is 0 Å². The van der Waals surface area contributed by atoms with Gasteiger partial charge < -0.3 is 9.73 Å². The topological polar surface area (TPSA) is 25.2 Å². The molecule has 1 aromatic carbocycles. The minimum absolute atomic E-state index is 0.190. The third-order valence-electron chi connectivity index (χ3n) is 3.77. The molecule has 0 radical (unpaired) electrons. The summed E-state index contributed by atoms with van der Waals surface area (Å²) >= 11 is 0. The molecule has 0 spiro atoms. The summed E-state index contributed by atoms with van der Waals surface area (Å²) in [7, 11) is 1.78. The van der Waals surface area contributed by atoms with E-state index in [9.17, 15) is 13.2 Å². The Labute approximate surface area is 122 Å². The number of hydrogen-bond acceptors (Lipinski definition) is 2. The first kappa shape index (κ1) is 15.6. The normalized spacial score (nSPS) is 13.5. The van der Waals surface area contributed by atoms with E-state index >= 15 is 0 Å². The zero-order valence-electron chi connectivity index (χ0n) is 12.4. The molecule has 1 atom stereocenters. The number of aryl methyl sites for hydroxylation is 2. The van der Waals surface area contributed by atoms with Crippen LogP contribution in [0.2, 0.25) is 0 Å². The summed E-state index contributed by atoms with van der Waals surface area (Å²) in [6.07, 6.45) is -4.31.